The minimum Gasteiger partial charge on any atom is -0.494 e. The molecular weight excluding hydrogens is 436 g/mol. The zero-order valence-electron chi connectivity index (χ0n) is 18.8. The second-order valence-electron chi connectivity index (χ2n) is 7.45. The summed E-state index contributed by atoms with van der Waals surface area (Å²) in [6, 6.07) is 20.6. The third-order valence-electron chi connectivity index (χ3n) is 4.99. The lowest BCUT2D eigenvalue weighted by molar-refractivity contribution is 0.0958. The highest BCUT2D eigenvalue weighted by Gasteiger charge is 2.25. The number of carbonyl (C=O) groups excluding carboxylic acids is 1. The summed E-state index contributed by atoms with van der Waals surface area (Å²) in [7, 11) is -3.83. The second-order valence-corrected chi connectivity index (χ2v) is 9.31. The molecule has 0 fully saturated rings. The number of benzene rings is 3. The molecule has 0 heterocycles. The maximum absolute atomic E-state index is 13.6. The Morgan fingerprint density at radius 1 is 1.00 bits per heavy atom. The van der Waals surface area contributed by atoms with E-state index in [1.807, 2.05) is 13.8 Å². The molecule has 0 saturated heterocycles. The summed E-state index contributed by atoms with van der Waals surface area (Å²) in [5.74, 6) is 0.459. The first kappa shape index (κ1) is 24.1. The minimum absolute atomic E-state index is 0.110. The molecule has 1 amide bonds. The van der Waals surface area contributed by atoms with Crippen molar-refractivity contribution < 1.29 is 17.9 Å². The molecule has 0 aromatic heterocycles. The van der Waals surface area contributed by atoms with E-state index >= 15 is 0 Å². The SMILES string of the molecule is C=CCNC(=O)c1ccc(CN(c2ccc(OCC)cc2)S(=O)(=O)c2ccc(C)cc2)cc1. The van der Waals surface area contributed by atoms with Crippen LogP contribution >= 0.6 is 0 Å². The van der Waals surface area contributed by atoms with Crippen molar-refractivity contribution in [1.82, 2.24) is 5.32 Å². The van der Waals surface area contributed by atoms with Gasteiger partial charge in [0.2, 0.25) is 0 Å². The third-order valence-corrected chi connectivity index (χ3v) is 6.78. The summed E-state index contributed by atoms with van der Waals surface area (Å²) in [5, 5.41) is 2.73. The molecule has 0 spiro atoms. The molecule has 0 unspecified atom stereocenters. The van der Waals surface area contributed by atoms with Crippen molar-refractivity contribution in [3.63, 3.8) is 0 Å². The zero-order chi connectivity index (χ0) is 23.8. The van der Waals surface area contributed by atoms with Crippen molar-refractivity contribution >= 4 is 21.6 Å². The predicted octanol–water partition coefficient (Wildman–Crippen LogP) is 4.71. The largest absolute Gasteiger partial charge is 0.494 e. The highest BCUT2D eigenvalue weighted by atomic mass is 32.2. The van der Waals surface area contributed by atoms with E-state index in [2.05, 4.69) is 11.9 Å². The third kappa shape index (κ3) is 6.02. The predicted molar refractivity (Wildman–Crippen MR) is 131 cm³/mol. The van der Waals surface area contributed by atoms with Gasteiger partial charge in [0.05, 0.1) is 23.7 Å². The number of carbonyl (C=O) groups is 1. The van der Waals surface area contributed by atoms with Gasteiger partial charge in [-0.1, -0.05) is 35.9 Å². The molecule has 3 aromatic rings. The molecule has 0 radical (unpaired) electrons. The second kappa shape index (κ2) is 10.8. The number of aryl methyl sites for hydroxylation is 1. The van der Waals surface area contributed by atoms with Crippen molar-refractivity contribution in [3.05, 3.63) is 102 Å². The van der Waals surface area contributed by atoms with Gasteiger partial charge in [0.1, 0.15) is 5.75 Å². The first-order valence-electron chi connectivity index (χ1n) is 10.7. The molecule has 0 atom stereocenters. The Labute approximate surface area is 195 Å². The van der Waals surface area contributed by atoms with E-state index in [1.165, 1.54) is 4.31 Å². The van der Waals surface area contributed by atoms with Crippen LogP contribution in [0.3, 0.4) is 0 Å². The normalized spacial score (nSPS) is 11.0. The minimum atomic E-state index is -3.83. The molecule has 0 saturated carbocycles. The Kier molecular flexibility index (Phi) is 7.90. The maximum Gasteiger partial charge on any atom is 0.264 e. The average Bonchev–Trinajstić information content (AvgIpc) is 2.82. The van der Waals surface area contributed by atoms with Crippen LogP contribution < -0.4 is 14.4 Å². The van der Waals surface area contributed by atoms with Crippen LogP contribution in [0, 0.1) is 6.92 Å². The maximum atomic E-state index is 13.6. The van der Waals surface area contributed by atoms with Gasteiger partial charge >= 0.3 is 0 Å². The number of ether oxygens (including phenoxy) is 1. The van der Waals surface area contributed by atoms with Gasteiger partial charge in [0.25, 0.3) is 15.9 Å². The van der Waals surface area contributed by atoms with Gasteiger partial charge in [0, 0.05) is 12.1 Å². The summed E-state index contributed by atoms with van der Waals surface area (Å²) in [6.45, 7) is 8.40. The van der Waals surface area contributed by atoms with Crippen molar-refractivity contribution in [2.75, 3.05) is 17.5 Å². The van der Waals surface area contributed by atoms with Crippen LogP contribution in [0.25, 0.3) is 0 Å². The Hall–Kier alpha value is -3.58. The summed E-state index contributed by atoms with van der Waals surface area (Å²) >= 11 is 0. The first-order valence-corrected chi connectivity index (χ1v) is 12.1. The Morgan fingerprint density at radius 2 is 1.64 bits per heavy atom. The van der Waals surface area contributed by atoms with Crippen molar-refractivity contribution in [2.45, 2.75) is 25.3 Å². The zero-order valence-corrected chi connectivity index (χ0v) is 19.6. The summed E-state index contributed by atoms with van der Waals surface area (Å²) in [4.78, 5) is 12.3. The van der Waals surface area contributed by atoms with Crippen molar-refractivity contribution in [2.24, 2.45) is 0 Å². The molecule has 7 heteroatoms. The number of nitrogens with zero attached hydrogens (tertiary/aromatic N) is 1. The molecule has 0 aliphatic heterocycles. The molecular formula is C26H28N2O4S. The van der Waals surface area contributed by atoms with Gasteiger partial charge in [0.15, 0.2) is 0 Å². The van der Waals surface area contributed by atoms with E-state index in [4.69, 9.17) is 4.74 Å². The molecule has 1 N–H and O–H groups in total. The fraction of sp³-hybridized carbons (Fsp3) is 0.192. The van der Waals surface area contributed by atoms with Crippen molar-refractivity contribution in [3.8, 4) is 5.75 Å². The molecule has 0 aliphatic carbocycles. The quantitative estimate of drug-likeness (QED) is 0.441. The number of rotatable bonds is 10. The molecule has 0 aliphatic rings. The highest BCUT2D eigenvalue weighted by Crippen LogP contribution is 2.28. The fourth-order valence-corrected chi connectivity index (χ4v) is 4.67. The van der Waals surface area contributed by atoms with Gasteiger partial charge in [-0.25, -0.2) is 8.42 Å². The molecule has 33 heavy (non-hydrogen) atoms. The standard InChI is InChI=1S/C26H28N2O4S/c1-4-18-27-26(29)22-10-8-21(9-11-22)19-28(23-12-14-24(15-13-23)32-5-2)33(30,31)25-16-6-20(3)7-17-25/h4,6-17H,1,5,18-19H2,2-3H3,(H,27,29). The van der Waals surface area contributed by atoms with E-state index in [9.17, 15) is 13.2 Å². The van der Waals surface area contributed by atoms with E-state index in [0.717, 1.165) is 11.1 Å². The summed E-state index contributed by atoms with van der Waals surface area (Å²) in [6.07, 6.45) is 1.61. The number of hydrogen-bond donors (Lipinski definition) is 1. The highest BCUT2D eigenvalue weighted by molar-refractivity contribution is 7.92. The topological polar surface area (TPSA) is 75.7 Å². The Balaban J connectivity index is 1.94. The number of sulfonamides is 1. The monoisotopic (exact) mass is 464 g/mol. The van der Waals surface area contributed by atoms with Crippen LogP contribution in [0.4, 0.5) is 5.69 Å². The number of amides is 1. The van der Waals surface area contributed by atoms with E-state index in [1.54, 1.807) is 78.9 Å². The van der Waals surface area contributed by atoms with Gasteiger partial charge < -0.3 is 10.1 Å². The molecule has 172 valence electrons. The first-order chi connectivity index (χ1) is 15.8. The average molecular weight is 465 g/mol. The van der Waals surface area contributed by atoms with Gasteiger partial charge in [-0.05, 0) is 67.9 Å². The van der Waals surface area contributed by atoms with Crippen LogP contribution in [0.15, 0.2) is 90.3 Å². The molecule has 3 rings (SSSR count). The van der Waals surface area contributed by atoms with Crippen LogP contribution in [-0.2, 0) is 16.6 Å². The van der Waals surface area contributed by atoms with Crippen LogP contribution in [-0.4, -0.2) is 27.5 Å². The van der Waals surface area contributed by atoms with Crippen LogP contribution in [0.5, 0.6) is 5.75 Å². The lowest BCUT2D eigenvalue weighted by Crippen LogP contribution is -2.30. The van der Waals surface area contributed by atoms with Gasteiger partial charge in [-0.2, -0.15) is 0 Å². The number of nitrogens with one attached hydrogen (secondary N) is 1. The Bertz CT molecular complexity index is 1190. The molecule has 6 nitrogen and oxygen atoms in total. The van der Waals surface area contributed by atoms with Gasteiger partial charge in [-0.3, -0.25) is 9.10 Å². The fourth-order valence-electron chi connectivity index (χ4n) is 3.22. The number of anilines is 1. The van der Waals surface area contributed by atoms with E-state index < -0.39 is 10.0 Å². The Morgan fingerprint density at radius 3 is 2.21 bits per heavy atom. The molecule has 3 aromatic carbocycles. The lowest BCUT2D eigenvalue weighted by Gasteiger charge is -2.25. The number of hydrogen-bond acceptors (Lipinski definition) is 4. The van der Waals surface area contributed by atoms with Gasteiger partial charge in [-0.15, -0.1) is 6.58 Å². The van der Waals surface area contributed by atoms with Crippen molar-refractivity contribution in [1.29, 1.82) is 0 Å². The van der Waals surface area contributed by atoms with E-state index in [0.29, 0.717) is 30.2 Å². The van der Waals surface area contributed by atoms with Crippen LogP contribution in [0.2, 0.25) is 0 Å². The van der Waals surface area contributed by atoms with E-state index in [-0.39, 0.29) is 17.3 Å². The molecule has 0 bridgehead atoms. The lowest BCUT2D eigenvalue weighted by atomic mass is 10.1. The summed E-state index contributed by atoms with van der Waals surface area (Å²) < 4.78 is 34.0. The summed E-state index contributed by atoms with van der Waals surface area (Å²) in [5.41, 5.74) is 2.74. The smallest absolute Gasteiger partial charge is 0.264 e. The van der Waals surface area contributed by atoms with Crippen LogP contribution in [0.1, 0.15) is 28.4 Å².